The summed E-state index contributed by atoms with van der Waals surface area (Å²) in [5.41, 5.74) is 16.8. The zero-order chi connectivity index (χ0) is 24.1. The molecule has 2 aromatic heterocycles. The van der Waals surface area contributed by atoms with Crippen LogP contribution in [0, 0.1) is 0 Å². The quantitative estimate of drug-likeness (QED) is 0.244. The summed E-state index contributed by atoms with van der Waals surface area (Å²) in [6.45, 7) is -0.569. The van der Waals surface area contributed by atoms with Gasteiger partial charge in [0.15, 0.2) is 12.5 Å². The second-order valence-corrected chi connectivity index (χ2v) is 9.07. The molecule has 0 amide bonds. The second kappa shape index (κ2) is 10.2. The number of benzene rings is 2. The molecule has 0 saturated carbocycles. The minimum absolute atomic E-state index is 0.110. The summed E-state index contributed by atoms with van der Waals surface area (Å²) in [5.74, 6) is 0.663. The fraction of sp³-hybridized carbons (Fsp3) is 0.167. The fourth-order valence-electron chi connectivity index (χ4n) is 3.60. The van der Waals surface area contributed by atoms with Crippen molar-refractivity contribution in [1.82, 2.24) is 5.16 Å². The average Bonchev–Trinajstić information content (AvgIpc) is 3.26. The maximum Gasteiger partial charge on any atom is 0.268 e. The molecule has 5 N–H and O–H groups in total. The number of aromatic nitrogens is 2. The number of phosphoric ester groups is 1. The number of nitrogens with zero attached hydrogens (tertiary/aromatic N) is 2. The summed E-state index contributed by atoms with van der Waals surface area (Å²) in [5, 5.41) is 4.13. The number of pyridine rings is 1. The van der Waals surface area contributed by atoms with Crippen molar-refractivity contribution in [2.24, 2.45) is 0 Å². The summed E-state index contributed by atoms with van der Waals surface area (Å²) in [6, 6.07) is 23.7. The molecule has 0 aliphatic carbocycles. The Morgan fingerprint density at radius 3 is 2.29 bits per heavy atom. The van der Waals surface area contributed by atoms with Gasteiger partial charge in [-0.15, -0.1) is 0 Å². The van der Waals surface area contributed by atoms with Crippen LogP contribution in [-0.2, 0) is 35.1 Å². The van der Waals surface area contributed by atoms with E-state index in [9.17, 15) is 9.46 Å². The number of nitrogen functional groups attached to an aromatic ring is 2. The number of nitrogens with two attached hydrogens (primary N) is 2. The van der Waals surface area contributed by atoms with E-state index in [1.165, 1.54) is 21.8 Å². The third-order valence-electron chi connectivity index (χ3n) is 5.43. The van der Waals surface area contributed by atoms with E-state index in [2.05, 4.69) is 58.2 Å². The van der Waals surface area contributed by atoms with E-state index in [-0.39, 0.29) is 11.6 Å². The molecule has 34 heavy (non-hydrogen) atoms. The van der Waals surface area contributed by atoms with E-state index < -0.39 is 14.6 Å². The molecule has 10 heteroatoms. The largest absolute Gasteiger partial charge is 0.756 e. The van der Waals surface area contributed by atoms with Gasteiger partial charge in [0.2, 0.25) is 11.6 Å². The Morgan fingerprint density at radius 1 is 0.971 bits per heavy atom. The number of hydrogen-bond donors (Lipinski definition) is 3. The Kier molecular flexibility index (Phi) is 7.09. The van der Waals surface area contributed by atoms with Gasteiger partial charge in [0.1, 0.15) is 0 Å². The summed E-state index contributed by atoms with van der Waals surface area (Å²) < 4.78 is 22.0. The summed E-state index contributed by atoms with van der Waals surface area (Å²) in [4.78, 5) is 19.8. The van der Waals surface area contributed by atoms with Gasteiger partial charge in [-0.1, -0.05) is 59.8 Å². The van der Waals surface area contributed by atoms with Crippen LogP contribution in [0.15, 0.2) is 77.3 Å². The third kappa shape index (κ3) is 6.09. The van der Waals surface area contributed by atoms with Crippen molar-refractivity contribution in [3.8, 4) is 11.3 Å². The van der Waals surface area contributed by atoms with Crippen molar-refractivity contribution in [3.05, 3.63) is 95.2 Å². The minimum Gasteiger partial charge on any atom is -0.756 e. The van der Waals surface area contributed by atoms with Crippen LogP contribution in [0.3, 0.4) is 0 Å². The monoisotopic (exact) mass is 480 g/mol. The van der Waals surface area contributed by atoms with Crippen LogP contribution in [0.25, 0.3) is 11.3 Å². The lowest BCUT2D eigenvalue weighted by Crippen LogP contribution is -2.41. The van der Waals surface area contributed by atoms with Crippen LogP contribution >= 0.6 is 7.82 Å². The highest BCUT2D eigenvalue weighted by Gasteiger charge is 2.19. The zero-order valence-corrected chi connectivity index (χ0v) is 19.2. The van der Waals surface area contributed by atoms with Gasteiger partial charge in [-0.25, -0.2) is 4.57 Å². The molecule has 0 spiro atoms. The van der Waals surface area contributed by atoms with Gasteiger partial charge in [-0.05, 0) is 35.6 Å². The molecule has 4 rings (SSSR count). The molecular weight excluding hydrogens is 455 g/mol. The molecule has 0 aliphatic heterocycles. The number of hydrogen-bond acceptors (Lipinski definition) is 7. The number of aryl methyl sites for hydroxylation is 2. The highest BCUT2D eigenvalue weighted by molar-refractivity contribution is 7.44. The molecule has 0 aliphatic rings. The lowest BCUT2D eigenvalue weighted by Gasteiger charge is -2.16. The van der Waals surface area contributed by atoms with Gasteiger partial charge in [-0.3, -0.25) is 9.09 Å². The summed E-state index contributed by atoms with van der Waals surface area (Å²) >= 11 is 0. The summed E-state index contributed by atoms with van der Waals surface area (Å²) in [7, 11) is -4.93. The second-order valence-electron chi connectivity index (χ2n) is 7.87. The Labute approximate surface area is 196 Å². The molecule has 2 heterocycles. The third-order valence-corrected chi connectivity index (χ3v) is 5.87. The van der Waals surface area contributed by atoms with Gasteiger partial charge >= 0.3 is 0 Å². The molecule has 1 unspecified atom stereocenters. The number of phosphoric acid groups is 1. The Bertz CT molecular complexity index is 1300. The lowest BCUT2D eigenvalue weighted by molar-refractivity contribution is -0.699. The van der Waals surface area contributed by atoms with E-state index in [4.69, 9.17) is 20.9 Å². The van der Waals surface area contributed by atoms with Crippen LogP contribution in [0.2, 0.25) is 0 Å². The first kappa shape index (κ1) is 23.7. The molecule has 9 nitrogen and oxygen atoms in total. The van der Waals surface area contributed by atoms with E-state index in [0.29, 0.717) is 23.4 Å². The van der Waals surface area contributed by atoms with Crippen molar-refractivity contribution in [2.75, 3.05) is 11.5 Å². The Balaban J connectivity index is 1.43. The van der Waals surface area contributed by atoms with Crippen LogP contribution in [0.4, 0.5) is 11.6 Å². The van der Waals surface area contributed by atoms with E-state index in [0.717, 1.165) is 18.4 Å². The topological polar surface area (TPSA) is 152 Å². The lowest BCUT2D eigenvalue weighted by atomic mass is 10.0. The standard InChI is InChI=1S/C24H25N4O5P/c25-23-13-12-21(24(26)28(23)16-32-34(29,30)31)22-15-20(27-33-22)14-19-10-8-18(9-11-19)7-6-17-4-2-1-3-5-17/h1-5,8-13,15H,6-7,14,16H2,(H5,25,26,27,29,30,31). The van der Waals surface area contributed by atoms with E-state index >= 15 is 0 Å². The van der Waals surface area contributed by atoms with Gasteiger partial charge in [0.05, 0.1) is 11.3 Å². The van der Waals surface area contributed by atoms with Crippen molar-refractivity contribution < 1.29 is 28.0 Å². The molecule has 1 atom stereocenters. The molecule has 0 radical (unpaired) electrons. The molecule has 0 saturated heterocycles. The predicted molar refractivity (Wildman–Crippen MR) is 125 cm³/mol. The molecular formula is C24H25N4O5P. The molecule has 0 fully saturated rings. The van der Waals surface area contributed by atoms with Crippen molar-refractivity contribution in [2.45, 2.75) is 26.0 Å². The van der Waals surface area contributed by atoms with Gasteiger partial charge in [-0.2, -0.15) is 0 Å². The smallest absolute Gasteiger partial charge is 0.268 e. The van der Waals surface area contributed by atoms with Crippen molar-refractivity contribution >= 4 is 19.5 Å². The van der Waals surface area contributed by atoms with E-state index in [1.54, 1.807) is 12.1 Å². The van der Waals surface area contributed by atoms with Gasteiger partial charge in [0, 0.05) is 18.6 Å². The fourth-order valence-corrected chi connectivity index (χ4v) is 3.86. The van der Waals surface area contributed by atoms with Gasteiger partial charge < -0.3 is 25.8 Å². The average molecular weight is 480 g/mol. The highest BCUT2D eigenvalue weighted by Crippen LogP contribution is 2.31. The van der Waals surface area contributed by atoms with Crippen LogP contribution in [0.1, 0.15) is 22.4 Å². The number of anilines is 2. The first-order valence-electron chi connectivity index (χ1n) is 10.6. The highest BCUT2D eigenvalue weighted by atomic mass is 31.2. The molecule has 176 valence electrons. The normalized spacial score (nSPS) is 13.0. The minimum atomic E-state index is -4.93. The van der Waals surface area contributed by atoms with Crippen LogP contribution in [0.5, 0.6) is 0 Å². The van der Waals surface area contributed by atoms with Crippen molar-refractivity contribution in [3.63, 3.8) is 0 Å². The Morgan fingerprint density at radius 2 is 1.62 bits per heavy atom. The Hall–Kier alpha value is -3.49. The van der Waals surface area contributed by atoms with Crippen LogP contribution in [-0.4, -0.2) is 10.1 Å². The zero-order valence-electron chi connectivity index (χ0n) is 18.3. The molecule has 0 bridgehead atoms. The molecule has 4 aromatic rings. The predicted octanol–water partition coefficient (Wildman–Crippen LogP) is 2.60. The SMILES string of the molecule is Nc1ccc(-c2cc(Cc3ccc(CCc4ccccc4)cc3)no2)c(N)[n+]1COP(=O)([O-])O. The first-order valence-corrected chi connectivity index (χ1v) is 12.1. The molecule has 2 aromatic carbocycles. The van der Waals surface area contributed by atoms with Crippen molar-refractivity contribution in [1.29, 1.82) is 0 Å². The summed E-state index contributed by atoms with van der Waals surface area (Å²) in [6.07, 6.45) is 2.53. The first-order chi connectivity index (χ1) is 16.3. The number of rotatable bonds is 9. The van der Waals surface area contributed by atoms with Gasteiger partial charge in [0.25, 0.3) is 7.82 Å². The maximum absolute atomic E-state index is 10.9. The van der Waals surface area contributed by atoms with Crippen LogP contribution < -0.4 is 20.9 Å². The maximum atomic E-state index is 10.9. The van der Waals surface area contributed by atoms with E-state index in [1.807, 2.05) is 6.07 Å².